The van der Waals surface area contributed by atoms with Crippen LogP contribution in [0.4, 0.5) is 28.8 Å². The molecule has 9 heteroatoms. The van der Waals surface area contributed by atoms with Gasteiger partial charge in [0.1, 0.15) is 5.82 Å². The Balaban J connectivity index is 1.45. The third kappa shape index (κ3) is 5.82. The molecule has 4 rings (SSSR count). The minimum atomic E-state index is -0.311. The highest BCUT2D eigenvalue weighted by atomic mass is 16.5. The van der Waals surface area contributed by atoms with Crippen LogP contribution in [-0.2, 0) is 0 Å². The molecule has 0 aliphatic heterocycles. The quantitative estimate of drug-likeness (QED) is 0.283. The van der Waals surface area contributed by atoms with E-state index >= 15 is 0 Å². The average molecular weight is 486 g/mol. The molecule has 0 fully saturated rings. The molecule has 0 saturated heterocycles. The van der Waals surface area contributed by atoms with Gasteiger partial charge in [-0.25, -0.2) is 4.98 Å². The number of methoxy groups -OCH3 is 3. The third-order valence-corrected chi connectivity index (χ3v) is 5.23. The molecule has 0 radical (unpaired) electrons. The predicted molar refractivity (Wildman–Crippen MR) is 140 cm³/mol. The van der Waals surface area contributed by atoms with Gasteiger partial charge < -0.3 is 30.2 Å². The molecule has 36 heavy (non-hydrogen) atoms. The molecular formula is C27H27N5O4. The van der Waals surface area contributed by atoms with Crippen LogP contribution in [0.2, 0.25) is 0 Å². The second-order valence-corrected chi connectivity index (χ2v) is 7.78. The molecule has 0 saturated carbocycles. The van der Waals surface area contributed by atoms with Crippen molar-refractivity contribution in [1.82, 2.24) is 9.97 Å². The van der Waals surface area contributed by atoms with Gasteiger partial charge in [0.2, 0.25) is 11.7 Å². The SMILES string of the molecule is COc1cc(C(=O)Nc2ccc(Nc3nc(C)cc(Nc4ccccc4)n3)cc2)cc(OC)c1OC. The predicted octanol–water partition coefficient (Wildman–Crippen LogP) is 5.55. The zero-order valence-electron chi connectivity index (χ0n) is 20.5. The van der Waals surface area contributed by atoms with Crippen molar-refractivity contribution in [2.24, 2.45) is 0 Å². The lowest BCUT2D eigenvalue weighted by Crippen LogP contribution is -2.12. The average Bonchev–Trinajstić information content (AvgIpc) is 2.89. The zero-order chi connectivity index (χ0) is 25.5. The first-order valence-electron chi connectivity index (χ1n) is 11.1. The molecule has 0 aliphatic rings. The highest BCUT2D eigenvalue weighted by molar-refractivity contribution is 6.05. The number of aryl methyl sites for hydroxylation is 1. The van der Waals surface area contributed by atoms with Crippen LogP contribution in [0.5, 0.6) is 17.2 Å². The van der Waals surface area contributed by atoms with Crippen molar-refractivity contribution in [2.45, 2.75) is 6.92 Å². The van der Waals surface area contributed by atoms with Gasteiger partial charge in [0.15, 0.2) is 11.5 Å². The van der Waals surface area contributed by atoms with E-state index in [-0.39, 0.29) is 5.91 Å². The van der Waals surface area contributed by atoms with Crippen LogP contribution in [0.3, 0.4) is 0 Å². The monoisotopic (exact) mass is 485 g/mol. The number of nitrogens with zero attached hydrogens (tertiary/aromatic N) is 2. The van der Waals surface area contributed by atoms with Gasteiger partial charge in [-0.15, -0.1) is 0 Å². The van der Waals surface area contributed by atoms with Crippen molar-refractivity contribution in [2.75, 3.05) is 37.3 Å². The normalized spacial score (nSPS) is 10.3. The number of hydrogen-bond acceptors (Lipinski definition) is 8. The van der Waals surface area contributed by atoms with E-state index in [2.05, 4.69) is 25.9 Å². The van der Waals surface area contributed by atoms with Crippen LogP contribution in [-0.4, -0.2) is 37.2 Å². The molecule has 1 aromatic heterocycles. The summed E-state index contributed by atoms with van der Waals surface area (Å²) in [5.74, 6) is 2.07. The Bertz CT molecular complexity index is 1320. The number of nitrogens with one attached hydrogen (secondary N) is 3. The smallest absolute Gasteiger partial charge is 0.255 e. The van der Waals surface area contributed by atoms with E-state index in [0.29, 0.717) is 40.3 Å². The fraction of sp³-hybridized carbons (Fsp3) is 0.148. The van der Waals surface area contributed by atoms with E-state index in [0.717, 1.165) is 17.1 Å². The molecule has 0 aliphatic carbocycles. The van der Waals surface area contributed by atoms with Gasteiger partial charge in [-0.05, 0) is 55.5 Å². The number of aromatic nitrogens is 2. The highest BCUT2D eigenvalue weighted by Crippen LogP contribution is 2.38. The first-order valence-corrected chi connectivity index (χ1v) is 11.1. The lowest BCUT2D eigenvalue weighted by Gasteiger charge is -2.14. The van der Waals surface area contributed by atoms with E-state index < -0.39 is 0 Å². The van der Waals surface area contributed by atoms with E-state index in [9.17, 15) is 4.79 Å². The number of benzene rings is 3. The first kappa shape index (κ1) is 24.3. The maximum atomic E-state index is 12.8. The molecule has 3 N–H and O–H groups in total. The summed E-state index contributed by atoms with van der Waals surface area (Å²) in [6.45, 7) is 1.91. The Kier molecular flexibility index (Phi) is 7.50. The second-order valence-electron chi connectivity index (χ2n) is 7.78. The van der Waals surface area contributed by atoms with Crippen molar-refractivity contribution in [3.8, 4) is 17.2 Å². The third-order valence-electron chi connectivity index (χ3n) is 5.23. The summed E-state index contributed by atoms with van der Waals surface area (Å²) in [4.78, 5) is 21.9. The molecular weight excluding hydrogens is 458 g/mol. The Morgan fingerprint density at radius 3 is 1.94 bits per heavy atom. The van der Waals surface area contributed by atoms with Crippen molar-refractivity contribution in [1.29, 1.82) is 0 Å². The van der Waals surface area contributed by atoms with Gasteiger partial charge in [0, 0.05) is 34.4 Å². The number of hydrogen-bond donors (Lipinski definition) is 3. The van der Waals surface area contributed by atoms with Crippen LogP contribution in [0.15, 0.2) is 72.8 Å². The Labute approximate surface area is 209 Å². The van der Waals surface area contributed by atoms with Gasteiger partial charge >= 0.3 is 0 Å². The number of amides is 1. The van der Waals surface area contributed by atoms with E-state index in [1.807, 2.05) is 55.5 Å². The molecule has 0 spiro atoms. The summed E-state index contributed by atoms with van der Waals surface area (Å²) in [6.07, 6.45) is 0. The molecule has 184 valence electrons. The fourth-order valence-electron chi connectivity index (χ4n) is 3.54. The van der Waals surface area contributed by atoms with Crippen molar-refractivity contribution < 1.29 is 19.0 Å². The number of para-hydroxylation sites is 1. The Morgan fingerprint density at radius 1 is 0.722 bits per heavy atom. The van der Waals surface area contributed by atoms with Crippen LogP contribution in [0, 0.1) is 6.92 Å². The van der Waals surface area contributed by atoms with Crippen LogP contribution < -0.4 is 30.2 Å². The minimum absolute atomic E-state index is 0.311. The van der Waals surface area contributed by atoms with Crippen molar-refractivity contribution in [3.63, 3.8) is 0 Å². The number of ether oxygens (including phenoxy) is 3. The number of carbonyl (C=O) groups excluding carboxylic acids is 1. The van der Waals surface area contributed by atoms with Crippen LogP contribution in [0.1, 0.15) is 16.1 Å². The highest BCUT2D eigenvalue weighted by Gasteiger charge is 2.17. The molecule has 9 nitrogen and oxygen atoms in total. The summed E-state index contributed by atoms with van der Waals surface area (Å²) in [5, 5.41) is 9.36. The Hall–Kier alpha value is -4.79. The zero-order valence-corrected chi connectivity index (χ0v) is 20.5. The second kappa shape index (κ2) is 11.1. The lowest BCUT2D eigenvalue weighted by molar-refractivity contribution is 0.102. The number of anilines is 5. The number of carbonyl (C=O) groups is 1. The standard InChI is InChI=1S/C27H27N5O4/c1-17-14-24(29-19-8-6-5-7-9-19)32-27(28-17)31-21-12-10-20(11-13-21)30-26(33)18-15-22(34-2)25(36-4)23(16-18)35-3/h5-16H,1-4H3,(H,30,33)(H2,28,29,31,32). The number of rotatable bonds is 9. The van der Waals surface area contributed by atoms with Crippen LogP contribution >= 0.6 is 0 Å². The van der Waals surface area contributed by atoms with E-state index in [4.69, 9.17) is 14.2 Å². The van der Waals surface area contributed by atoms with Gasteiger partial charge in [-0.3, -0.25) is 4.79 Å². The summed E-state index contributed by atoms with van der Waals surface area (Å²) in [7, 11) is 4.52. The van der Waals surface area contributed by atoms with Crippen LogP contribution in [0.25, 0.3) is 0 Å². The van der Waals surface area contributed by atoms with Gasteiger partial charge in [-0.2, -0.15) is 4.98 Å². The summed E-state index contributed by atoms with van der Waals surface area (Å²) >= 11 is 0. The van der Waals surface area contributed by atoms with E-state index in [1.54, 1.807) is 24.3 Å². The van der Waals surface area contributed by atoms with Crippen molar-refractivity contribution >= 4 is 34.7 Å². The van der Waals surface area contributed by atoms with E-state index in [1.165, 1.54) is 21.3 Å². The maximum absolute atomic E-state index is 12.8. The molecule has 0 bridgehead atoms. The Morgan fingerprint density at radius 2 is 1.33 bits per heavy atom. The van der Waals surface area contributed by atoms with Gasteiger partial charge in [0.05, 0.1) is 21.3 Å². The summed E-state index contributed by atoms with van der Waals surface area (Å²) < 4.78 is 16.0. The molecule has 0 atom stereocenters. The summed E-state index contributed by atoms with van der Waals surface area (Å²) in [6, 6.07) is 22.1. The molecule has 4 aromatic rings. The molecule has 1 amide bonds. The molecule has 1 heterocycles. The van der Waals surface area contributed by atoms with Crippen molar-refractivity contribution in [3.05, 3.63) is 84.1 Å². The van der Waals surface area contributed by atoms with Gasteiger partial charge in [0.25, 0.3) is 5.91 Å². The first-order chi connectivity index (χ1) is 17.5. The van der Waals surface area contributed by atoms with Gasteiger partial charge in [-0.1, -0.05) is 18.2 Å². The summed E-state index contributed by atoms with van der Waals surface area (Å²) in [5.41, 5.74) is 3.53. The largest absolute Gasteiger partial charge is 0.493 e. The topological polar surface area (TPSA) is 107 Å². The molecule has 3 aromatic carbocycles. The molecule has 0 unspecified atom stereocenters. The maximum Gasteiger partial charge on any atom is 0.255 e. The fourth-order valence-corrected chi connectivity index (χ4v) is 3.54. The lowest BCUT2D eigenvalue weighted by atomic mass is 10.1. The minimum Gasteiger partial charge on any atom is -0.493 e.